The summed E-state index contributed by atoms with van der Waals surface area (Å²) in [4.78, 5) is 0. The van der Waals surface area contributed by atoms with Crippen LogP contribution in [0.1, 0.15) is 25.3 Å². The van der Waals surface area contributed by atoms with Crippen molar-refractivity contribution in [1.82, 2.24) is 5.32 Å². The molecular weight excluding hydrogens is 246 g/mol. The minimum absolute atomic E-state index is 0.339. The van der Waals surface area contributed by atoms with E-state index in [4.69, 9.17) is 16.9 Å². The molecule has 3 nitrogen and oxygen atoms in total. The van der Waals surface area contributed by atoms with Crippen LogP contribution in [0.5, 0.6) is 0 Å². The Kier molecular flexibility index (Phi) is 4.11. The van der Waals surface area contributed by atoms with Crippen LogP contribution in [0, 0.1) is 16.7 Å². The van der Waals surface area contributed by atoms with E-state index in [0.717, 1.165) is 25.3 Å². The third-order valence-corrected chi connectivity index (χ3v) is 3.93. The van der Waals surface area contributed by atoms with E-state index in [1.165, 1.54) is 12.8 Å². The van der Waals surface area contributed by atoms with E-state index in [-0.39, 0.29) is 0 Å². The molecule has 0 radical (unpaired) electrons. The second-order valence-electron chi connectivity index (χ2n) is 5.22. The normalized spacial score (nSPS) is 18.1. The van der Waals surface area contributed by atoms with Gasteiger partial charge in [0.15, 0.2) is 0 Å². The highest BCUT2D eigenvalue weighted by molar-refractivity contribution is 6.32. The maximum atomic E-state index is 8.82. The Morgan fingerprint density at radius 1 is 1.44 bits per heavy atom. The second-order valence-corrected chi connectivity index (χ2v) is 5.63. The Hall–Kier alpha value is -1.24. The fourth-order valence-electron chi connectivity index (χ4n) is 2.24. The third kappa shape index (κ3) is 3.16. The summed E-state index contributed by atoms with van der Waals surface area (Å²) in [6, 6.07) is 7.56. The first-order chi connectivity index (χ1) is 8.63. The molecule has 0 amide bonds. The number of anilines is 1. The van der Waals surface area contributed by atoms with Crippen LogP contribution in [-0.4, -0.2) is 19.6 Å². The molecule has 18 heavy (non-hydrogen) atoms. The van der Waals surface area contributed by atoms with Gasteiger partial charge in [0.2, 0.25) is 0 Å². The monoisotopic (exact) mass is 263 g/mol. The highest BCUT2D eigenvalue weighted by Crippen LogP contribution is 2.29. The molecule has 0 aliphatic carbocycles. The molecule has 0 saturated carbocycles. The molecule has 96 valence electrons. The van der Waals surface area contributed by atoms with Gasteiger partial charge in [-0.15, -0.1) is 0 Å². The lowest BCUT2D eigenvalue weighted by molar-refractivity contribution is 0.247. The Morgan fingerprint density at radius 3 is 2.78 bits per heavy atom. The van der Waals surface area contributed by atoms with Crippen LogP contribution >= 0.6 is 11.6 Å². The van der Waals surface area contributed by atoms with E-state index in [2.05, 4.69) is 23.6 Å². The Morgan fingerprint density at radius 2 is 2.17 bits per heavy atom. The molecule has 1 aromatic carbocycles. The average molecular weight is 264 g/mol. The van der Waals surface area contributed by atoms with Crippen LogP contribution in [0.25, 0.3) is 0 Å². The summed E-state index contributed by atoms with van der Waals surface area (Å²) in [6.07, 6.45) is 2.37. The number of nitriles is 1. The lowest BCUT2D eigenvalue weighted by Crippen LogP contribution is -2.39. The molecule has 1 saturated heterocycles. The third-order valence-electron chi connectivity index (χ3n) is 3.62. The SMILES string of the molecule is CC1(CNc2ccc(C#N)c(Cl)c2)CCNCC1. The molecule has 0 aromatic heterocycles. The Balaban J connectivity index is 1.98. The molecule has 0 unspecified atom stereocenters. The lowest BCUT2D eigenvalue weighted by Gasteiger charge is -2.34. The highest BCUT2D eigenvalue weighted by atomic mass is 35.5. The zero-order valence-electron chi connectivity index (χ0n) is 10.6. The number of benzene rings is 1. The van der Waals surface area contributed by atoms with Crippen LogP contribution in [0.4, 0.5) is 5.69 Å². The summed E-state index contributed by atoms with van der Waals surface area (Å²) in [5.74, 6) is 0. The van der Waals surface area contributed by atoms with E-state index in [1.54, 1.807) is 6.07 Å². The van der Waals surface area contributed by atoms with Gasteiger partial charge in [-0.05, 0) is 49.5 Å². The Labute approximate surface area is 113 Å². The molecule has 1 aromatic rings. The van der Waals surface area contributed by atoms with Gasteiger partial charge in [-0.1, -0.05) is 18.5 Å². The highest BCUT2D eigenvalue weighted by Gasteiger charge is 2.26. The summed E-state index contributed by atoms with van der Waals surface area (Å²) in [7, 11) is 0. The molecule has 0 spiro atoms. The van der Waals surface area contributed by atoms with Crippen molar-refractivity contribution in [2.45, 2.75) is 19.8 Å². The summed E-state index contributed by atoms with van der Waals surface area (Å²) < 4.78 is 0. The fraction of sp³-hybridized carbons (Fsp3) is 0.500. The molecular formula is C14H18ClN3. The van der Waals surface area contributed by atoms with Gasteiger partial charge in [-0.2, -0.15) is 5.26 Å². The van der Waals surface area contributed by atoms with Gasteiger partial charge >= 0.3 is 0 Å². The van der Waals surface area contributed by atoms with E-state index < -0.39 is 0 Å². The van der Waals surface area contributed by atoms with Crippen LogP contribution in [0.15, 0.2) is 18.2 Å². The number of hydrogen-bond donors (Lipinski definition) is 2. The van der Waals surface area contributed by atoms with E-state index in [1.807, 2.05) is 12.1 Å². The number of hydrogen-bond acceptors (Lipinski definition) is 3. The summed E-state index contributed by atoms with van der Waals surface area (Å²) in [5.41, 5.74) is 1.85. The maximum absolute atomic E-state index is 8.82. The number of rotatable bonds is 3. The van der Waals surface area contributed by atoms with Gasteiger partial charge in [-0.3, -0.25) is 0 Å². The van der Waals surface area contributed by atoms with Crippen LogP contribution < -0.4 is 10.6 Å². The first kappa shape index (κ1) is 13.2. The zero-order valence-corrected chi connectivity index (χ0v) is 11.3. The van der Waals surface area contributed by atoms with Crippen molar-refractivity contribution in [2.75, 3.05) is 25.0 Å². The smallest absolute Gasteiger partial charge is 0.101 e. The van der Waals surface area contributed by atoms with Crippen molar-refractivity contribution in [3.63, 3.8) is 0 Å². The summed E-state index contributed by atoms with van der Waals surface area (Å²) in [5, 5.41) is 16.1. The van der Waals surface area contributed by atoms with Gasteiger partial charge in [0.25, 0.3) is 0 Å². The predicted molar refractivity (Wildman–Crippen MR) is 74.9 cm³/mol. The molecule has 0 atom stereocenters. The average Bonchev–Trinajstić information content (AvgIpc) is 2.38. The van der Waals surface area contributed by atoms with Gasteiger partial charge in [0.1, 0.15) is 6.07 Å². The Bertz CT molecular complexity index is 459. The van der Waals surface area contributed by atoms with Crippen molar-refractivity contribution >= 4 is 17.3 Å². The molecule has 2 N–H and O–H groups in total. The van der Waals surface area contributed by atoms with Gasteiger partial charge in [0, 0.05) is 12.2 Å². The maximum Gasteiger partial charge on any atom is 0.101 e. The van der Waals surface area contributed by atoms with Crippen molar-refractivity contribution in [3.05, 3.63) is 28.8 Å². The molecule has 1 heterocycles. The van der Waals surface area contributed by atoms with E-state index in [0.29, 0.717) is 16.0 Å². The van der Waals surface area contributed by atoms with Gasteiger partial charge in [-0.25, -0.2) is 0 Å². The first-order valence-corrected chi connectivity index (χ1v) is 6.65. The molecule has 1 fully saturated rings. The molecule has 2 rings (SSSR count). The van der Waals surface area contributed by atoms with Crippen LogP contribution in [0.2, 0.25) is 5.02 Å². The number of halogens is 1. The van der Waals surface area contributed by atoms with Gasteiger partial charge < -0.3 is 10.6 Å². The predicted octanol–water partition coefficient (Wildman–Crippen LogP) is 3.01. The number of nitrogens with one attached hydrogen (secondary N) is 2. The van der Waals surface area contributed by atoms with E-state index >= 15 is 0 Å². The quantitative estimate of drug-likeness (QED) is 0.881. The van der Waals surface area contributed by atoms with Crippen LogP contribution in [-0.2, 0) is 0 Å². The minimum atomic E-state index is 0.339. The molecule has 4 heteroatoms. The fourth-order valence-corrected chi connectivity index (χ4v) is 2.46. The number of piperidine rings is 1. The van der Waals surface area contributed by atoms with Crippen molar-refractivity contribution in [1.29, 1.82) is 5.26 Å². The first-order valence-electron chi connectivity index (χ1n) is 6.27. The summed E-state index contributed by atoms with van der Waals surface area (Å²) >= 11 is 6.01. The second kappa shape index (κ2) is 5.60. The largest absolute Gasteiger partial charge is 0.384 e. The number of nitrogens with zero attached hydrogens (tertiary/aromatic N) is 1. The van der Waals surface area contributed by atoms with Crippen LogP contribution in [0.3, 0.4) is 0 Å². The standard InChI is InChI=1S/C14H18ClN3/c1-14(4-6-17-7-5-14)10-18-12-3-2-11(9-16)13(15)8-12/h2-3,8,17-18H,4-7,10H2,1H3. The molecule has 1 aliphatic heterocycles. The van der Waals surface area contributed by atoms with Gasteiger partial charge in [0.05, 0.1) is 10.6 Å². The zero-order chi connectivity index (χ0) is 13.0. The van der Waals surface area contributed by atoms with E-state index in [9.17, 15) is 0 Å². The topological polar surface area (TPSA) is 47.9 Å². The van der Waals surface area contributed by atoms with Crippen molar-refractivity contribution in [3.8, 4) is 6.07 Å². The van der Waals surface area contributed by atoms with Crippen molar-refractivity contribution in [2.24, 2.45) is 5.41 Å². The lowest BCUT2D eigenvalue weighted by atomic mass is 9.81. The minimum Gasteiger partial charge on any atom is -0.384 e. The molecule has 1 aliphatic rings. The summed E-state index contributed by atoms with van der Waals surface area (Å²) in [6.45, 7) is 5.43. The molecule has 0 bridgehead atoms. The van der Waals surface area contributed by atoms with Crippen molar-refractivity contribution < 1.29 is 0 Å².